The summed E-state index contributed by atoms with van der Waals surface area (Å²) in [5.41, 5.74) is 1.15. The summed E-state index contributed by atoms with van der Waals surface area (Å²) < 4.78 is 5.57. The molecule has 0 aliphatic heterocycles. The summed E-state index contributed by atoms with van der Waals surface area (Å²) in [5, 5.41) is 6.63. The van der Waals surface area contributed by atoms with Crippen LogP contribution in [-0.4, -0.2) is 51.3 Å². The van der Waals surface area contributed by atoms with E-state index < -0.39 is 0 Å². The normalized spacial score (nSPS) is 11.0. The lowest BCUT2D eigenvalue weighted by atomic mass is 10.2. The Morgan fingerprint density at radius 2 is 1.96 bits per heavy atom. The van der Waals surface area contributed by atoms with Crippen molar-refractivity contribution in [2.24, 2.45) is 4.99 Å². The maximum Gasteiger partial charge on any atom is 0.191 e. The molecule has 0 aliphatic carbocycles. The predicted octanol–water partition coefficient (Wildman–Crippen LogP) is 3.03. The van der Waals surface area contributed by atoms with E-state index in [1.807, 2.05) is 31.3 Å². The second-order valence-electron chi connectivity index (χ2n) is 5.86. The quantitative estimate of drug-likeness (QED) is 0.229. The van der Waals surface area contributed by atoms with Gasteiger partial charge in [-0.2, -0.15) is 0 Å². The molecule has 6 nitrogen and oxygen atoms in total. The van der Waals surface area contributed by atoms with Gasteiger partial charge in [0.25, 0.3) is 0 Å². The Morgan fingerprint density at radius 1 is 1.20 bits per heavy atom. The van der Waals surface area contributed by atoms with Crippen molar-refractivity contribution in [3.8, 4) is 0 Å². The lowest BCUT2D eigenvalue weighted by molar-refractivity contribution is 0.129. The number of halogens is 1. The van der Waals surface area contributed by atoms with Gasteiger partial charge < -0.3 is 20.3 Å². The van der Waals surface area contributed by atoms with Crippen LogP contribution in [0.2, 0.25) is 0 Å². The minimum atomic E-state index is 0. The van der Waals surface area contributed by atoms with Crippen molar-refractivity contribution < 1.29 is 4.74 Å². The first-order valence-corrected chi connectivity index (χ1v) is 8.89. The van der Waals surface area contributed by atoms with Crippen LogP contribution in [0.1, 0.15) is 38.7 Å². The van der Waals surface area contributed by atoms with Crippen molar-refractivity contribution in [3.63, 3.8) is 0 Å². The zero-order chi connectivity index (χ0) is 17.6. The van der Waals surface area contributed by atoms with Gasteiger partial charge in [0.15, 0.2) is 5.96 Å². The van der Waals surface area contributed by atoms with Gasteiger partial charge in [-0.05, 0) is 37.5 Å². The number of nitrogens with zero attached hydrogens (tertiary/aromatic N) is 3. The Hall–Kier alpha value is -1.09. The first-order chi connectivity index (χ1) is 11.7. The zero-order valence-electron chi connectivity index (χ0n) is 16.0. The van der Waals surface area contributed by atoms with Gasteiger partial charge in [0.05, 0.1) is 6.54 Å². The van der Waals surface area contributed by atoms with Crippen molar-refractivity contribution in [3.05, 3.63) is 23.9 Å². The van der Waals surface area contributed by atoms with Gasteiger partial charge in [0, 0.05) is 46.6 Å². The van der Waals surface area contributed by atoms with Gasteiger partial charge in [-0.25, -0.2) is 9.98 Å². The Kier molecular flexibility index (Phi) is 14.5. The predicted molar refractivity (Wildman–Crippen MR) is 117 cm³/mol. The SMILES string of the molecule is CCCCOCCCNC(=NCc1ccnc(N(C)C)c1)NCC.I. The van der Waals surface area contributed by atoms with Gasteiger partial charge in [0.2, 0.25) is 0 Å². The number of aromatic nitrogens is 1. The fourth-order valence-corrected chi connectivity index (χ4v) is 2.05. The Bertz CT molecular complexity index is 482. The summed E-state index contributed by atoms with van der Waals surface area (Å²) in [5.74, 6) is 1.79. The van der Waals surface area contributed by atoms with E-state index in [4.69, 9.17) is 4.74 Å². The van der Waals surface area contributed by atoms with Crippen molar-refractivity contribution in [1.82, 2.24) is 15.6 Å². The minimum Gasteiger partial charge on any atom is -0.381 e. The molecule has 1 aromatic rings. The third-order valence-corrected chi connectivity index (χ3v) is 3.43. The molecule has 0 aliphatic rings. The number of pyridine rings is 1. The Balaban J connectivity index is 0.00000576. The van der Waals surface area contributed by atoms with Crippen molar-refractivity contribution >= 4 is 35.8 Å². The molecule has 144 valence electrons. The fourth-order valence-electron chi connectivity index (χ4n) is 2.05. The molecule has 0 saturated carbocycles. The van der Waals surface area contributed by atoms with Crippen molar-refractivity contribution in [1.29, 1.82) is 0 Å². The first kappa shape index (κ1) is 23.9. The van der Waals surface area contributed by atoms with E-state index in [-0.39, 0.29) is 24.0 Å². The van der Waals surface area contributed by atoms with E-state index in [0.717, 1.165) is 56.5 Å². The molecule has 0 spiro atoms. The number of aliphatic imine (C=N–C) groups is 1. The smallest absolute Gasteiger partial charge is 0.191 e. The van der Waals surface area contributed by atoms with Crippen LogP contribution in [0.25, 0.3) is 0 Å². The minimum absolute atomic E-state index is 0. The molecule has 0 amide bonds. The molecule has 1 rings (SSSR count). The van der Waals surface area contributed by atoms with E-state index >= 15 is 0 Å². The number of hydrogen-bond acceptors (Lipinski definition) is 4. The third kappa shape index (κ3) is 11.2. The monoisotopic (exact) mass is 463 g/mol. The number of anilines is 1. The molecule has 0 radical (unpaired) electrons. The van der Waals surface area contributed by atoms with Gasteiger partial charge >= 0.3 is 0 Å². The van der Waals surface area contributed by atoms with Gasteiger partial charge in [-0.1, -0.05) is 13.3 Å². The lowest BCUT2D eigenvalue weighted by Gasteiger charge is -2.13. The van der Waals surface area contributed by atoms with Crippen LogP contribution in [0.15, 0.2) is 23.3 Å². The highest BCUT2D eigenvalue weighted by molar-refractivity contribution is 14.0. The fraction of sp³-hybridized carbons (Fsp3) is 0.667. The second kappa shape index (κ2) is 15.2. The lowest BCUT2D eigenvalue weighted by Crippen LogP contribution is -2.38. The molecule has 0 saturated heterocycles. The number of nitrogens with one attached hydrogen (secondary N) is 2. The number of rotatable bonds is 11. The van der Waals surface area contributed by atoms with Gasteiger partial charge in [-0.15, -0.1) is 24.0 Å². The van der Waals surface area contributed by atoms with Crippen LogP contribution < -0.4 is 15.5 Å². The third-order valence-electron chi connectivity index (χ3n) is 3.43. The highest BCUT2D eigenvalue weighted by Gasteiger charge is 2.01. The summed E-state index contributed by atoms with van der Waals surface area (Å²) in [6, 6.07) is 4.07. The van der Waals surface area contributed by atoms with Crippen LogP contribution in [0.4, 0.5) is 5.82 Å². The van der Waals surface area contributed by atoms with E-state index in [9.17, 15) is 0 Å². The summed E-state index contributed by atoms with van der Waals surface area (Å²) in [4.78, 5) is 11.0. The topological polar surface area (TPSA) is 61.8 Å². The molecule has 0 unspecified atom stereocenters. The maximum atomic E-state index is 5.57. The number of ether oxygens (including phenoxy) is 1. The van der Waals surface area contributed by atoms with E-state index in [1.165, 1.54) is 6.42 Å². The van der Waals surface area contributed by atoms with Crippen LogP contribution >= 0.6 is 24.0 Å². The van der Waals surface area contributed by atoms with Crippen LogP contribution in [0, 0.1) is 0 Å². The van der Waals surface area contributed by atoms with E-state index in [1.54, 1.807) is 0 Å². The zero-order valence-corrected chi connectivity index (χ0v) is 18.4. The second-order valence-corrected chi connectivity index (χ2v) is 5.86. The first-order valence-electron chi connectivity index (χ1n) is 8.89. The molecular formula is C18H34IN5O. The van der Waals surface area contributed by atoms with Gasteiger partial charge in [0.1, 0.15) is 5.82 Å². The van der Waals surface area contributed by atoms with Gasteiger partial charge in [-0.3, -0.25) is 0 Å². The summed E-state index contributed by atoms with van der Waals surface area (Å²) in [7, 11) is 3.98. The standard InChI is InChI=1S/C18H33N5O.HI/c1-5-7-12-24-13-8-10-21-18(19-6-2)22-15-16-9-11-20-17(14-16)23(3)4;/h9,11,14H,5-8,10,12-13,15H2,1-4H3,(H2,19,21,22);1H. The Morgan fingerprint density at radius 3 is 2.64 bits per heavy atom. The summed E-state index contributed by atoms with van der Waals surface area (Å²) in [6.07, 6.45) is 5.13. The molecular weight excluding hydrogens is 429 g/mol. The molecule has 0 atom stereocenters. The van der Waals surface area contributed by atoms with Crippen LogP contribution in [0.3, 0.4) is 0 Å². The van der Waals surface area contributed by atoms with E-state index in [2.05, 4.69) is 40.5 Å². The van der Waals surface area contributed by atoms with E-state index in [0.29, 0.717) is 6.54 Å². The van der Waals surface area contributed by atoms with Crippen LogP contribution in [0.5, 0.6) is 0 Å². The van der Waals surface area contributed by atoms with Crippen LogP contribution in [-0.2, 0) is 11.3 Å². The molecule has 0 fully saturated rings. The molecule has 1 heterocycles. The Labute approximate surface area is 169 Å². The highest BCUT2D eigenvalue weighted by Crippen LogP contribution is 2.10. The largest absolute Gasteiger partial charge is 0.381 e. The van der Waals surface area contributed by atoms with Crippen molar-refractivity contribution in [2.75, 3.05) is 45.3 Å². The highest BCUT2D eigenvalue weighted by atomic mass is 127. The summed E-state index contributed by atoms with van der Waals surface area (Å²) in [6.45, 7) is 8.24. The maximum absolute atomic E-state index is 5.57. The summed E-state index contributed by atoms with van der Waals surface area (Å²) >= 11 is 0. The molecule has 25 heavy (non-hydrogen) atoms. The average molecular weight is 463 g/mol. The van der Waals surface area contributed by atoms with Crippen molar-refractivity contribution in [2.45, 2.75) is 39.7 Å². The average Bonchev–Trinajstić information content (AvgIpc) is 2.59. The molecule has 0 aromatic carbocycles. The molecule has 7 heteroatoms. The molecule has 1 aromatic heterocycles. The molecule has 2 N–H and O–H groups in total. The molecule has 0 bridgehead atoms. The number of unbranched alkanes of at least 4 members (excludes halogenated alkanes) is 1. The number of guanidine groups is 1. The number of hydrogen-bond donors (Lipinski definition) is 2.